The SMILES string of the molecule is N#CCC(c1ccccc1F)c1cnc(C(=O)O)c2ccccc12. The molecule has 0 spiro atoms. The summed E-state index contributed by atoms with van der Waals surface area (Å²) in [6, 6.07) is 15.3. The number of halogens is 1. The third kappa shape index (κ3) is 2.70. The van der Waals surface area contributed by atoms with Gasteiger partial charge in [-0.3, -0.25) is 0 Å². The molecule has 1 aromatic heterocycles. The summed E-state index contributed by atoms with van der Waals surface area (Å²) in [6.07, 6.45) is 1.50. The lowest BCUT2D eigenvalue weighted by Gasteiger charge is -2.18. The van der Waals surface area contributed by atoms with Crippen LogP contribution in [0.5, 0.6) is 0 Å². The fraction of sp³-hybridized carbons (Fsp3) is 0.105. The lowest BCUT2D eigenvalue weighted by atomic mass is 9.86. The zero-order valence-corrected chi connectivity index (χ0v) is 12.6. The smallest absolute Gasteiger partial charge is 0.355 e. The summed E-state index contributed by atoms with van der Waals surface area (Å²) in [7, 11) is 0. The highest BCUT2D eigenvalue weighted by atomic mass is 19.1. The molecule has 1 heterocycles. The standard InChI is InChI=1S/C19H13FN2O2/c20-17-8-4-3-6-14(17)13(9-10-21)16-11-22-18(19(23)24)15-7-2-1-5-12(15)16/h1-8,11,13H,9H2,(H,23,24). The highest BCUT2D eigenvalue weighted by Crippen LogP contribution is 2.34. The van der Waals surface area contributed by atoms with Crippen molar-refractivity contribution in [1.29, 1.82) is 5.26 Å². The van der Waals surface area contributed by atoms with Crippen LogP contribution >= 0.6 is 0 Å². The molecule has 5 heteroatoms. The first-order chi connectivity index (χ1) is 11.6. The number of nitriles is 1. The maximum absolute atomic E-state index is 14.2. The highest BCUT2D eigenvalue weighted by molar-refractivity contribution is 6.02. The van der Waals surface area contributed by atoms with Gasteiger partial charge in [0.05, 0.1) is 6.07 Å². The average Bonchev–Trinajstić information content (AvgIpc) is 2.59. The number of hydrogen-bond donors (Lipinski definition) is 1. The van der Waals surface area contributed by atoms with E-state index in [4.69, 9.17) is 0 Å². The predicted molar refractivity (Wildman–Crippen MR) is 87.2 cm³/mol. The summed E-state index contributed by atoms with van der Waals surface area (Å²) in [5, 5.41) is 19.6. The van der Waals surface area contributed by atoms with Crippen LogP contribution in [0.25, 0.3) is 10.8 Å². The second-order valence-electron chi connectivity index (χ2n) is 5.35. The van der Waals surface area contributed by atoms with Crippen LogP contribution in [0.1, 0.15) is 34.0 Å². The van der Waals surface area contributed by atoms with Gasteiger partial charge in [-0.2, -0.15) is 5.26 Å². The van der Waals surface area contributed by atoms with Crippen LogP contribution in [0.3, 0.4) is 0 Å². The van der Waals surface area contributed by atoms with E-state index in [9.17, 15) is 19.6 Å². The van der Waals surface area contributed by atoms with Gasteiger partial charge in [0.25, 0.3) is 0 Å². The van der Waals surface area contributed by atoms with E-state index in [-0.39, 0.29) is 12.1 Å². The van der Waals surface area contributed by atoms with Crippen molar-refractivity contribution in [2.75, 3.05) is 0 Å². The molecule has 0 saturated carbocycles. The number of carboxylic acid groups (broad SMARTS) is 1. The van der Waals surface area contributed by atoms with E-state index in [2.05, 4.69) is 11.1 Å². The lowest BCUT2D eigenvalue weighted by molar-refractivity contribution is 0.0693. The quantitative estimate of drug-likeness (QED) is 0.785. The van der Waals surface area contributed by atoms with Gasteiger partial charge in [-0.15, -0.1) is 0 Å². The van der Waals surface area contributed by atoms with Crippen LogP contribution in [-0.4, -0.2) is 16.1 Å². The summed E-state index contributed by atoms with van der Waals surface area (Å²) in [5.74, 6) is -2.04. The van der Waals surface area contributed by atoms with Crippen LogP contribution in [0.15, 0.2) is 54.7 Å². The number of carboxylic acids is 1. The van der Waals surface area contributed by atoms with Gasteiger partial charge in [-0.25, -0.2) is 14.2 Å². The Bertz CT molecular complexity index is 963. The third-order valence-corrected chi connectivity index (χ3v) is 3.98. The van der Waals surface area contributed by atoms with E-state index in [0.717, 1.165) is 0 Å². The summed E-state index contributed by atoms with van der Waals surface area (Å²) in [5.41, 5.74) is 0.981. The molecule has 0 fully saturated rings. The Morgan fingerprint density at radius 2 is 1.79 bits per heavy atom. The van der Waals surface area contributed by atoms with E-state index in [0.29, 0.717) is 21.9 Å². The number of carbonyl (C=O) groups is 1. The zero-order valence-electron chi connectivity index (χ0n) is 12.6. The summed E-state index contributed by atoms with van der Waals surface area (Å²) in [4.78, 5) is 15.4. The van der Waals surface area contributed by atoms with E-state index in [1.807, 2.05) is 0 Å². The first kappa shape index (κ1) is 15.6. The molecule has 4 nitrogen and oxygen atoms in total. The minimum Gasteiger partial charge on any atom is -0.476 e. The Morgan fingerprint density at radius 1 is 1.12 bits per heavy atom. The number of aromatic carboxylic acids is 1. The molecular weight excluding hydrogens is 307 g/mol. The van der Waals surface area contributed by atoms with Crippen molar-refractivity contribution in [2.24, 2.45) is 0 Å². The van der Waals surface area contributed by atoms with Gasteiger partial charge < -0.3 is 5.11 Å². The van der Waals surface area contributed by atoms with Crippen LogP contribution in [-0.2, 0) is 0 Å². The molecule has 3 rings (SSSR count). The van der Waals surface area contributed by atoms with Gasteiger partial charge in [-0.05, 0) is 22.6 Å². The normalized spacial score (nSPS) is 11.8. The fourth-order valence-electron chi connectivity index (χ4n) is 2.90. The van der Waals surface area contributed by atoms with Crippen molar-refractivity contribution < 1.29 is 14.3 Å². The van der Waals surface area contributed by atoms with Crippen molar-refractivity contribution in [2.45, 2.75) is 12.3 Å². The van der Waals surface area contributed by atoms with Gasteiger partial charge in [0.2, 0.25) is 0 Å². The van der Waals surface area contributed by atoms with E-state index in [1.54, 1.807) is 42.5 Å². The first-order valence-corrected chi connectivity index (χ1v) is 7.35. The largest absolute Gasteiger partial charge is 0.476 e. The number of aromatic nitrogens is 1. The maximum atomic E-state index is 14.2. The van der Waals surface area contributed by atoms with Gasteiger partial charge in [-0.1, -0.05) is 42.5 Å². The summed E-state index contributed by atoms with van der Waals surface area (Å²) >= 11 is 0. The van der Waals surface area contributed by atoms with Gasteiger partial charge in [0.15, 0.2) is 5.69 Å². The molecule has 0 saturated heterocycles. The molecular formula is C19H13FN2O2. The molecule has 1 unspecified atom stereocenters. The number of fused-ring (bicyclic) bond motifs is 1. The van der Waals surface area contributed by atoms with Gasteiger partial charge >= 0.3 is 5.97 Å². The Kier molecular flexibility index (Phi) is 4.21. The first-order valence-electron chi connectivity index (χ1n) is 7.35. The van der Waals surface area contributed by atoms with Crippen molar-refractivity contribution in [3.05, 3.63) is 77.4 Å². The topological polar surface area (TPSA) is 74.0 Å². The molecule has 1 atom stereocenters. The van der Waals surface area contributed by atoms with Crippen LogP contribution < -0.4 is 0 Å². The Hall–Kier alpha value is -3.26. The number of pyridine rings is 1. The van der Waals surface area contributed by atoms with Crippen molar-refractivity contribution in [1.82, 2.24) is 4.98 Å². The van der Waals surface area contributed by atoms with Crippen LogP contribution in [0.4, 0.5) is 4.39 Å². The average molecular weight is 320 g/mol. The number of hydrogen-bond acceptors (Lipinski definition) is 3. The second-order valence-corrected chi connectivity index (χ2v) is 5.35. The van der Waals surface area contributed by atoms with E-state index >= 15 is 0 Å². The molecule has 0 aliphatic heterocycles. The fourth-order valence-corrected chi connectivity index (χ4v) is 2.90. The van der Waals surface area contributed by atoms with Crippen LogP contribution in [0, 0.1) is 17.1 Å². The van der Waals surface area contributed by atoms with Crippen molar-refractivity contribution in [3.8, 4) is 6.07 Å². The third-order valence-electron chi connectivity index (χ3n) is 3.98. The monoisotopic (exact) mass is 320 g/mol. The molecule has 2 aromatic carbocycles. The van der Waals surface area contributed by atoms with E-state index < -0.39 is 17.7 Å². The minimum atomic E-state index is -1.12. The van der Waals surface area contributed by atoms with Gasteiger partial charge in [0.1, 0.15) is 5.82 Å². The summed E-state index contributed by atoms with van der Waals surface area (Å²) < 4.78 is 14.2. The molecule has 0 aliphatic rings. The molecule has 3 aromatic rings. The molecule has 24 heavy (non-hydrogen) atoms. The Morgan fingerprint density at radius 3 is 2.46 bits per heavy atom. The Balaban J connectivity index is 2.27. The summed E-state index contributed by atoms with van der Waals surface area (Å²) in [6.45, 7) is 0. The lowest BCUT2D eigenvalue weighted by Crippen LogP contribution is -2.08. The minimum absolute atomic E-state index is 0.0569. The molecule has 0 bridgehead atoms. The molecule has 0 aliphatic carbocycles. The van der Waals surface area contributed by atoms with Crippen molar-refractivity contribution >= 4 is 16.7 Å². The zero-order chi connectivity index (χ0) is 17.1. The molecule has 118 valence electrons. The molecule has 0 amide bonds. The van der Waals surface area contributed by atoms with Gasteiger partial charge in [0, 0.05) is 23.9 Å². The molecule has 0 radical (unpaired) electrons. The number of rotatable bonds is 4. The number of benzene rings is 2. The van der Waals surface area contributed by atoms with Crippen LogP contribution in [0.2, 0.25) is 0 Å². The predicted octanol–water partition coefficient (Wildman–Crippen LogP) is 4.12. The molecule has 1 N–H and O–H groups in total. The van der Waals surface area contributed by atoms with E-state index in [1.165, 1.54) is 12.3 Å². The Labute approximate surface area is 137 Å². The maximum Gasteiger partial charge on any atom is 0.355 e. The number of nitrogens with zero attached hydrogens (tertiary/aromatic N) is 2. The second kappa shape index (κ2) is 6.47. The van der Waals surface area contributed by atoms with Crippen molar-refractivity contribution in [3.63, 3.8) is 0 Å². The highest BCUT2D eigenvalue weighted by Gasteiger charge is 2.22.